The molecule has 0 spiro atoms. The topological polar surface area (TPSA) is 165 Å². The maximum Gasteiger partial charge on any atom is 0.255 e. The quantitative estimate of drug-likeness (QED) is 0.0469. The Hall–Kier alpha value is -5.80. The molecule has 4 amide bonds. The number of carbonyl (C=O) groups excluding carboxylic acids is 4. The lowest BCUT2D eigenvalue weighted by molar-refractivity contribution is -0.137. The number of piperidine rings is 1. The number of sulfonamides is 1. The molecule has 1 unspecified atom stereocenters. The minimum Gasteiger partial charge on any atom is -0.394 e. The molecule has 5 aromatic rings. The number of carbonyl (C=O) groups is 4. The van der Waals surface area contributed by atoms with Crippen LogP contribution in [0.1, 0.15) is 82.7 Å². The highest BCUT2D eigenvalue weighted by Gasteiger charge is 2.48. The third-order valence-corrected chi connectivity index (χ3v) is 16.3. The van der Waals surface area contributed by atoms with Gasteiger partial charge in [0.05, 0.1) is 23.6 Å². The first kappa shape index (κ1) is 44.4. The highest BCUT2D eigenvalue weighted by molar-refractivity contribution is 7.99. The van der Waals surface area contributed by atoms with Crippen LogP contribution in [0.4, 0.5) is 11.4 Å². The number of anilines is 2. The number of nitrogens with zero attached hydrogens (tertiary/aromatic N) is 2. The smallest absolute Gasteiger partial charge is 0.255 e. The molecule has 4 aliphatic heterocycles. The molecule has 2 fully saturated rings. The van der Waals surface area contributed by atoms with Crippen molar-refractivity contribution in [1.82, 2.24) is 14.5 Å². The van der Waals surface area contributed by atoms with Crippen molar-refractivity contribution in [3.63, 3.8) is 0 Å². The Labute approximate surface area is 384 Å². The molecule has 336 valence electrons. The van der Waals surface area contributed by atoms with Gasteiger partial charge in [-0.2, -0.15) is 4.31 Å². The van der Waals surface area contributed by atoms with E-state index in [9.17, 15) is 32.7 Å². The number of imide groups is 1. The Kier molecular flexibility index (Phi) is 13.0. The summed E-state index contributed by atoms with van der Waals surface area (Å²) in [5.74, 6) is -0.138. The van der Waals surface area contributed by atoms with Crippen LogP contribution in [0.25, 0.3) is 11.1 Å². The average Bonchev–Trinajstić information content (AvgIpc) is 3.91. The first-order valence-electron chi connectivity index (χ1n) is 22.4. The standard InChI is InChI=1S/C51H53N5O7S2/c1-32-13-20-38(21-14-32)65(62,63)56-26-25-40-44(31-57)53-43-22-19-36(29-41(43)49(40)56)35-8-3-9-37(28-35)52-47(58)12-2-6-33-15-17-34(18-16-33)7-5-27-64-46-11-4-10-39-42(46)30-55(51(39)61)45-23-24-48(59)54-50(45)60/h3-4,8-11,13-22,28-29,40,44-45,49,53,57H,2,5-7,12,23-27,30-31H2,1H3,(H,52,58)(H,54,59,60)/t40-,44+,45?,49-/m1/s1. The Morgan fingerprint density at radius 1 is 0.862 bits per heavy atom. The molecule has 14 heteroatoms. The third kappa shape index (κ3) is 9.35. The van der Waals surface area contributed by atoms with E-state index in [0.29, 0.717) is 50.0 Å². The number of benzene rings is 5. The van der Waals surface area contributed by atoms with Crippen LogP contribution in [-0.4, -0.2) is 77.3 Å². The Morgan fingerprint density at radius 3 is 2.35 bits per heavy atom. The molecular formula is C51H53N5O7S2. The molecule has 0 saturated carbocycles. The van der Waals surface area contributed by atoms with E-state index < -0.39 is 28.0 Å². The van der Waals surface area contributed by atoms with Crippen LogP contribution in [0, 0.1) is 12.8 Å². The molecule has 5 aromatic carbocycles. The van der Waals surface area contributed by atoms with Gasteiger partial charge in [0, 0.05) is 53.7 Å². The number of amides is 4. The van der Waals surface area contributed by atoms with Gasteiger partial charge in [-0.15, -0.1) is 11.8 Å². The van der Waals surface area contributed by atoms with Gasteiger partial charge >= 0.3 is 0 Å². The lowest BCUT2D eigenvalue weighted by Crippen LogP contribution is -2.52. The van der Waals surface area contributed by atoms with E-state index in [-0.39, 0.29) is 47.6 Å². The number of rotatable bonds is 15. The highest BCUT2D eigenvalue weighted by Crippen LogP contribution is 2.49. The van der Waals surface area contributed by atoms with E-state index in [2.05, 4.69) is 40.2 Å². The molecule has 0 aliphatic carbocycles. The van der Waals surface area contributed by atoms with Crippen molar-refractivity contribution in [3.05, 3.63) is 143 Å². The first-order valence-corrected chi connectivity index (χ1v) is 24.9. The van der Waals surface area contributed by atoms with E-state index in [0.717, 1.165) is 63.4 Å². The summed E-state index contributed by atoms with van der Waals surface area (Å²) in [4.78, 5) is 53.4. The van der Waals surface area contributed by atoms with E-state index in [4.69, 9.17) is 0 Å². The van der Waals surface area contributed by atoms with Gasteiger partial charge in [0.25, 0.3) is 5.91 Å². The summed E-state index contributed by atoms with van der Waals surface area (Å²) >= 11 is 1.72. The fourth-order valence-corrected chi connectivity index (χ4v) is 12.5. The van der Waals surface area contributed by atoms with E-state index in [1.165, 1.54) is 11.1 Å². The van der Waals surface area contributed by atoms with Crippen LogP contribution in [0.3, 0.4) is 0 Å². The molecule has 0 radical (unpaired) electrons. The second-order valence-corrected chi connectivity index (χ2v) is 20.5. The van der Waals surface area contributed by atoms with Crippen LogP contribution in [0.15, 0.2) is 119 Å². The molecular weight excluding hydrogens is 859 g/mol. The monoisotopic (exact) mass is 911 g/mol. The average molecular weight is 912 g/mol. The molecule has 0 bridgehead atoms. The third-order valence-electron chi connectivity index (χ3n) is 13.2. The van der Waals surface area contributed by atoms with E-state index >= 15 is 0 Å². The summed E-state index contributed by atoms with van der Waals surface area (Å²) in [5, 5.41) is 19.2. The molecule has 4 heterocycles. The largest absolute Gasteiger partial charge is 0.394 e. The number of hydrogen-bond donors (Lipinski definition) is 4. The van der Waals surface area contributed by atoms with Gasteiger partial charge in [-0.1, -0.05) is 66.2 Å². The zero-order valence-electron chi connectivity index (χ0n) is 36.3. The zero-order chi connectivity index (χ0) is 45.2. The predicted octanol–water partition coefficient (Wildman–Crippen LogP) is 7.65. The Bertz CT molecular complexity index is 2740. The molecule has 9 rings (SSSR count). The summed E-state index contributed by atoms with van der Waals surface area (Å²) in [5.41, 5.74) is 9.15. The van der Waals surface area contributed by atoms with Gasteiger partial charge in [-0.25, -0.2) is 8.42 Å². The van der Waals surface area contributed by atoms with Crippen molar-refractivity contribution >= 4 is 56.8 Å². The summed E-state index contributed by atoms with van der Waals surface area (Å²) < 4.78 is 29.6. The maximum atomic E-state index is 14.0. The molecule has 2 saturated heterocycles. The Morgan fingerprint density at radius 2 is 1.60 bits per heavy atom. The minimum absolute atomic E-state index is 0.0659. The zero-order valence-corrected chi connectivity index (χ0v) is 37.9. The minimum atomic E-state index is -3.79. The van der Waals surface area contributed by atoms with Gasteiger partial charge in [0.15, 0.2) is 0 Å². The van der Waals surface area contributed by atoms with Crippen molar-refractivity contribution in [2.45, 2.75) is 92.8 Å². The number of aliphatic hydroxyl groups is 1. The summed E-state index contributed by atoms with van der Waals surface area (Å²) in [6.45, 7) is 2.57. The SMILES string of the molecule is Cc1ccc(S(=O)(=O)N2CC[C@@H]3[C@H](CO)Nc4ccc(-c5cccc(NC(=O)CCCc6ccc(CCCSc7cccc8c7CN(C7CCC(=O)NC7=O)C8=O)cc6)c5)cc4[C@@H]32)cc1. The number of aliphatic hydroxyl groups excluding tert-OH is 1. The van der Waals surface area contributed by atoms with Crippen LogP contribution in [0.2, 0.25) is 0 Å². The van der Waals surface area contributed by atoms with Crippen LogP contribution in [0.5, 0.6) is 0 Å². The molecule has 12 nitrogen and oxygen atoms in total. The van der Waals surface area contributed by atoms with Crippen molar-refractivity contribution in [1.29, 1.82) is 0 Å². The lowest BCUT2D eigenvalue weighted by Gasteiger charge is -2.39. The normalized spacial score (nSPS) is 20.5. The number of thioether (sulfide) groups is 1. The summed E-state index contributed by atoms with van der Waals surface area (Å²) in [6, 6.07) is 33.6. The maximum absolute atomic E-state index is 14.0. The number of nitrogens with one attached hydrogen (secondary N) is 3. The molecule has 0 aromatic heterocycles. The predicted molar refractivity (Wildman–Crippen MR) is 252 cm³/mol. The lowest BCUT2D eigenvalue weighted by atomic mass is 9.82. The summed E-state index contributed by atoms with van der Waals surface area (Å²) in [6.07, 6.45) is 4.91. The second kappa shape index (κ2) is 19.0. The van der Waals surface area contributed by atoms with Gasteiger partial charge in [0.1, 0.15) is 6.04 Å². The molecule has 4 N–H and O–H groups in total. The fourth-order valence-electron chi connectivity index (χ4n) is 9.79. The molecule has 4 aliphatic rings. The van der Waals surface area contributed by atoms with Crippen molar-refractivity contribution in [3.8, 4) is 11.1 Å². The number of fused-ring (bicyclic) bond motifs is 4. The highest BCUT2D eigenvalue weighted by atomic mass is 32.2. The van der Waals surface area contributed by atoms with E-state index in [1.807, 2.05) is 79.7 Å². The van der Waals surface area contributed by atoms with Gasteiger partial charge < -0.3 is 20.6 Å². The molecule has 4 atom stereocenters. The number of aryl methyl sites for hydroxylation is 3. The van der Waals surface area contributed by atoms with Crippen LogP contribution in [-0.2, 0) is 43.8 Å². The van der Waals surface area contributed by atoms with Gasteiger partial charge in [0.2, 0.25) is 27.7 Å². The van der Waals surface area contributed by atoms with Gasteiger partial charge in [-0.05, 0) is 133 Å². The van der Waals surface area contributed by atoms with Crippen LogP contribution < -0.4 is 16.0 Å². The number of hydrogen-bond acceptors (Lipinski definition) is 9. The fraction of sp³-hybridized carbons (Fsp3) is 0.333. The van der Waals surface area contributed by atoms with Crippen LogP contribution >= 0.6 is 11.8 Å². The summed E-state index contributed by atoms with van der Waals surface area (Å²) in [7, 11) is -3.79. The van der Waals surface area contributed by atoms with Crippen molar-refractivity contribution < 1.29 is 32.7 Å². The van der Waals surface area contributed by atoms with E-state index in [1.54, 1.807) is 33.1 Å². The first-order chi connectivity index (χ1) is 31.5. The molecule has 65 heavy (non-hydrogen) atoms. The van der Waals surface area contributed by atoms with Crippen molar-refractivity contribution in [2.75, 3.05) is 29.5 Å². The van der Waals surface area contributed by atoms with Crippen molar-refractivity contribution in [2.24, 2.45) is 5.92 Å². The Balaban J connectivity index is 0.758. The van der Waals surface area contributed by atoms with Gasteiger partial charge in [-0.3, -0.25) is 24.5 Å². The second-order valence-electron chi connectivity index (χ2n) is 17.5.